The highest BCUT2D eigenvalue weighted by Crippen LogP contribution is 2.52. The van der Waals surface area contributed by atoms with Crippen molar-refractivity contribution in [1.29, 1.82) is 0 Å². The second-order valence-corrected chi connectivity index (χ2v) is 9.21. The molecule has 1 atom stereocenters. The third-order valence-electron chi connectivity index (χ3n) is 6.41. The average Bonchev–Trinajstić information content (AvgIpc) is 3.61. The van der Waals surface area contributed by atoms with Crippen molar-refractivity contribution in [2.24, 2.45) is 0 Å². The lowest BCUT2D eigenvalue weighted by atomic mass is 9.94. The van der Waals surface area contributed by atoms with E-state index in [0.29, 0.717) is 45.7 Å². The third kappa shape index (κ3) is 3.62. The van der Waals surface area contributed by atoms with E-state index in [1.807, 2.05) is 24.3 Å². The monoisotopic (exact) mass is 469 g/mol. The van der Waals surface area contributed by atoms with Gasteiger partial charge in [-0.05, 0) is 36.6 Å². The van der Waals surface area contributed by atoms with Crippen LogP contribution in [0.5, 0.6) is 0 Å². The van der Waals surface area contributed by atoms with E-state index in [1.54, 1.807) is 24.3 Å². The number of carbonyl (C=O) groups is 1. The lowest BCUT2D eigenvalue weighted by Gasteiger charge is -2.30. The van der Waals surface area contributed by atoms with Gasteiger partial charge in [0.1, 0.15) is 5.82 Å². The fourth-order valence-electron chi connectivity index (χ4n) is 4.40. The number of aliphatic hydroxyl groups is 1. The van der Waals surface area contributed by atoms with Crippen LogP contribution in [0.1, 0.15) is 47.2 Å². The number of hydrogen-bond acceptors (Lipinski definition) is 4. The molecule has 1 amide bonds. The van der Waals surface area contributed by atoms with E-state index in [1.165, 1.54) is 4.90 Å². The van der Waals surface area contributed by atoms with Crippen LogP contribution in [0.2, 0.25) is 10.0 Å². The van der Waals surface area contributed by atoms with Gasteiger partial charge in [0.25, 0.3) is 11.5 Å². The summed E-state index contributed by atoms with van der Waals surface area (Å²) >= 11 is 12.2. The van der Waals surface area contributed by atoms with Gasteiger partial charge in [-0.2, -0.15) is 0 Å². The molecule has 1 aromatic heterocycles. The Morgan fingerprint density at radius 1 is 1.12 bits per heavy atom. The molecule has 0 unspecified atom stereocenters. The first-order valence-electron chi connectivity index (χ1n) is 10.5. The summed E-state index contributed by atoms with van der Waals surface area (Å²) in [6.07, 6.45) is 0.885. The van der Waals surface area contributed by atoms with Crippen molar-refractivity contribution < 1.29 is 9.90 Å². The largest absolute Gasteiger partial charge is 0.378 e. The summed E-state index contributed by atoms with van der Waals surface area (Å²) in [4.78, 5) is 35.1. The minimum atomic E-state index is -1.38. The van der Waals surface area contributed by atoms with Gasteiger partial charge in [-0.1, -0.05) is 53.5 Å². The van der Waals surface area contributed by atoms with Crippen LogP contribution in [0, 0.1) is 0 Å². The standard InChI is InChI=1S/C24H21Cl2N3O3/c25-15-7-5-14(6-8-15)24(10-11-24)23-27-19-9-12-29(13-17(19)21(31)28-23)22(32)20(30)16-3-1-2-4-18(16)26/h1-8,20,30H,9-13H2,(H,27,28,31)/t20-/m1/s1. The second-order valence-electron chi connectivity index (χ2n) is 8.36. The second kappa shape index (κ2) is 8.03. The van der Waals surface area contributed by atoms with Crippen molar-refractivity contribution >= 4 is 29.1 Å². The van der Waals surface area contributed by atoms with Crippen LogP contribution in [0.4, 0.5) is 0 Å². The van der Waals surface area contributed by atoms with Gasteiger partial charge in [0.2, 0.25) is 0 Å². The van der Waals surface area contributed by atoms with Gasteiger partial charge >= 0.3 is 0 Å². The summed E-state index contributed by atoms with van der Waals surface area (Å²) in [7, 11) is 0. The molecule has 0 radical (unpaired) electrons. The van der Waals surface area contributed by atoms with Crippen LogP contribution in [0.3, 0.4) is 0 Å². The van der Waals surface area contributed by atoms with Crippen molar-refractivity contribution in [3.05, 3.63) is 97.1 Å². The van der Waals surface area contributed by atoms with Crippen molar-refractivity contribution in [2.75, 3.05) is 6.54 Å². The van der Waals surface area contributed by atoms with Gasteiger partial charge in [-0.25, -0.2) is 4.98 Å². The normalized spacial score (nSPS) is 17.5. The first-order valence-corrected chi connectivity index (χ1v) is 11.2. The number of aromatic amines is 1. The Kier molecular flexibility index (Phi) is 5.32. The fraction of sp³-hybridized carbons (Fsp3) is 0.292. The molecule has 0 bridgehead atoms. The molecule has 3 aromatic rings. The van der Waals surface area contributed by atoms with Crippen molar-refractivity contribution in [3.8, 4) is 0 Å². The fourth-order valence-corrected chi connectivity index (χ4v) is 4.76. The van der Waals surface area contributed by atoms with E-state index in [-0.39, 0.29) is 17.5 Å². The number of nitrogens with zero attached hydrogens (tertiary/aromatic N) is 2. The molecule has 2 heterocycles. The third-order valence-corrected chi connectivity index (χ3v) is 7.01. The van der Waals surface area contributed by atoms with Crippen LogP contribution >= 0.6 is 23.2 Å². The summed E-state index contributed by atoms with van der Waals surface area (Å²) in [6.45, 7) is 0.476. The van der Waals surface area contributed by atoms with Gasteiger partial charge in [-0.3, -0.25) is 9.59 Å². The van der Waals surface area contributed by atoms with E-state index in [2.05, 4.69) is 4.98 Å². The summed E-state index contributed by atoms with van der Waals surface area (Å²) in [5.74, 6) is 0.187. The molecular weight excluding hydrogens is 449 g/mol. The maximum atomic E-state index is 13.0. The highest BCUT2D eigenvalue weighted by atomic mass is 35.5. The van der Waals surface area contributed by atoms with E-state index in [0.717, 1.165) is 18.4 Å². The minimum Gasteiger partial charge on any atom is -0.378 e. The molecule has 1 fully saturated rings. The van der Waals surface area contributed by atoms with E-state index in [4.69, 9.17) is 28.2 Å². The molecule has 0 spiro atoms. The Labute approximate surface area is 194 Å². The lowest BCUT2D eigenvalue weighted by molar-refractivity contribution is -0.141. The number of carbonyl (C=O) groups excluding carboxylic acids is 1. The van der Waals surface area contributed by atoms with Crippen molar-refractivity contribution in [2.45, 2.75) is 37.3 Å². The molecule has 6 nitrogen and oxygen atoms in total. The topological polar surface area (TPSA) is 86.3 Å². The number of aromatic nitrogens is 2. The van der Waals surface area contributed by atoms with Crippen LogP contribution in [-0.2, 0) is 23.2 Å². The SMILES string of the molecule is O=C([C@H](O)c1ccccc1Cl)N1CCc2nc(C3(c4ccc(Cl)cc4)CC3)[nH]c(=O)c2C1. The average molecular weight is 470 g/mol. The maximum absolute atomic E-state index is 13.0. The zero-order valence-electron chi connectivity index (χ0n) is 17.1. The Balaban J connectivity index is 1.41. The Hall–Kier alpha value is -2.67. The maximum Gasteiger partial charge on any atom is 0.256 e. The first-order chi connectivity index (χ1) is 15.4. The molecule has 1 aliphatic carbocycles. The predicted octanol–water partition coefficient (Wildman–Crippen LogP) is 3.77. The number of aliphatic hydroxyl groups excluding tert-OH is 1. The van der Waals surface area contributed by atoms with Gasteiger partial charge in [0.15, 0.2) is 6.10 Å². The number of halogens is 2. The molecule has 2 N–H and O–H groups in total. The number of amides is 1. The van der Waals surface area contributed by atoms with Gasteiger partial charge in [-0.15, -0.1) is 0 Å². The first kappa shape index (κ1) is 21.2. The van der Waals surface area contributed by atoms with Crippen LogP contribution in [0.25, 0.3) is 0 Å². The van der Waals surface area contributed by atoms with E-state index >= 15 is 0 Å². The smallest absolute Gasteiger partial charge is 0.256 e. The summed E-state index contributed by atoms with van der Waals surface area (Å²) in [5, 5.41) is 11.6. The molecule has 8 heteroatoms. The molecule has 1 saturated carbocycles. The zero-order valence-corrected chi connectivity index (χ0v) is 18.7. The summed E-state index contributed by atoms with van der Waals surface area (Å²) < 4.78 is 0. The number of nitrogens with one attached hydrogen (secondary N) is 1. The molecule has 2 aliphatic rings. The number of rotatable bonds is 4. The van der Waals surface area contributed by atoms with E-state index in [9.17, 15) is 14.7 Å². The molecule has 0 saturated heterocycles. The molecular formula is C24H21Cl2N3O3. The van der Waals surface area contributed by atoms with Gasteiger partial charge in [0.05, 0.1) is 23.2 Å². The van der Waals surface area contributed by atoms with Gasteiger partial charge in [0, 0.05) is 28.6 Å². The van der Waals surface area contributed by atoms with Crippen LogP contribution < -0.4 is 5.56 Å². The van der Waals surface area contributed by atoms with Crippen LogP contribution in [0.15, 0.2) is 53.3 Å². The van der Waals surface area contributed by atoms with Crippen LogP contribution in [-0.4, -0.2) is 32.4 Å². The van der Waals surface area contributed by atoms with Gasteiger partial charge < -0.3 is 15.0 Å². The Morgan fingerprint density at radius 2 is 1.84 bits per heavy atom. The number of benzene rings is 2. The minimum absolute atomic E-state index is 0.103. The Morgan fingerprint density at radius 3 is 2.53 bits per heavy atom. The molecule has 32 heavy (non-hydrogen) atoms. The number of fused-ring (bicyclic) bond motifs is 1. The molecule has 1 aliphatic heterocycles. The highest BCUT2D eigenvalue weighted by molar-refractivity contribution is 6.31. The zero-order chi connectivity index (χ0) is 22.5. The lowest BCUT2D eigenvalue weighted by Crippen LogP contribution is -2.42. The quantitative estimate of drug-likeness (QED) is 0.608. The molecule has 2 aromatic carbocycles. The Bertz CT molecular complexity index is 1250. The van der Waals surface area contributed by atoms with E-state index < -0.39 is 12.0 Å². The summed E-state index contributed by atoms with van der Waals surface area (Å²) in [5.41, 5.74) is 2.08. The molecule has 5 rings (SSSR count). The summed E-state index contributed by atoms with van der Waals surface area (Å²) in [6, 6.07) is 14.4. The van der Waals surface area contributed by atoms with Crippen molar-refractivity contribution in [1.82, 2.24) is 14.9 Å². The number of H-pyrrole nitrogens is 1. The highest BCUT2D eigenvalue weighted by Gasteiger charge is 2.48. The predicted molar refractivity (Wildman–Crippen MR) is 122 cm³/mol. The number of hydrogen-bond donors (Lipinski definition) is 2. The molecule has 164 valence electrons. The van der Waals surface area contributed by atoms with Crippen molar-refractivity contribution in [3.63, 3.8) is 0 Å².